The van der Waals surface area contributed by atoms with Crippen molar-refractivity contribution in [3.05, 3.63) is 34.9 Å². The molecule has 0 saturated carbocycles. The Morgan fingerprint density at radius 1 is 1.46 bits per heavy atom. The van der Waals surface area contributed by atoms with E-state index in [1.165, 1.54) is 0 Å². The molecule has 0 aromatic heterocycles. The van der Waals surface area contributed by atoms with Crippen LogP contribution in [-0.4, -0.2) is 12.8 Å². The maximum atomic E-state index is 5.69. The Kier molecular flexibility index (Phi) is 3.87. The summed E-state index contributed by atoms with van der Waals surface area (Å²) in [5.41, 5.74) is 0.918. The van der Waals surface area contributed by atoms with Crippen molar-refractivity contribution in [1.29, 1.82) is 0 Å². The highest BCUT2D eigenvalue weighted by Gasteiger charge is 1.87. The van der Waals surface area contributed by atoms with Crippen molar-refractivity contribution in [2.75, 3.05) is 6.61 Å². The van der Waals surface area contributed by atoms with Gasteiger partial charge in [-0.15, -0.1) is 6.42 Å². The van der Waals surface area contributed by atoms with Gasteiger partial charge in [-0.05, 0) is 17.7 Å². The Bertz CT molecular complexity index is 324. The molecule has 0 bridgehead atoms. The van der Waals surface area contributed by atoms with Gasteiger partial charge < -0.3 is 4.84 Å². The molecule has 0 aliphatic carbocycles. The molecule has 3 heteroatoms. The van der Waals surface area contributed by atoms with Crippen LogP contribution in [0, 0.1) is 12.3 Å². The number of hydrogen-bond acceptors (Lipinski definition) is 2. The van der Waals surface area contributed by atoms with Crippen molar-refractivity contribution >= 4 is 17.8 Å². The quantitative estimate of drug-likeness (QED) is 0.313. The van der Waals surface area contributed by atoms with Crippen molar-refractivity contribution in [3.63, 3.8) is 0 Å². The van der Waals surface area contributed by atoms with Crippen molar-refractivity contribution < 1.29 is 4.84 Å². The van der Waals surface area contributed by atoms with Gasteiger partial charge in [0, 0.05) is 5.02 Å². The van der Waals surface area contributed by atoms with Gasteiger partial charge in [0.25, 0.3) is 0 Å². The molecule has 13 heavy (non-hydrogen) atoms. The summed E-state index contributed by atoms with van der Waals surface area (Å²) < 4.78 is 0. The zero-order valence-corrected chi connectivity index (χ0v) is 7.66. The molecule has 0 atom stereocenters. The zero-order chi connectivity index (χ0) is 9.52. The lowest BCUT2D eigenvalue weighted by Gasteiger charge is -1.92. The Hall–Kier alpha value is -1.46. The predicted molar refractivity (Wildman–Crippen MR) is 53.8 cm³/mol. The van der Waals surface area contributed by atoms with Crippen molar-refractivity contribution in [2.24, 2.45) is 5.16 Å². The third kappa shape index (κ3) is 3.64. The van der Waals surface area contributed by atoms with E-state index in [1.807, 2.05) is 12.1 Å². The number of hydrogen-bond donors (Lipinski definition) is 0. The van der Waals surface area contributed by atoms with Crippen LogP contribution in [0.25, 0.3) is 0 Å². The van der Waals surface area contributed by atoms with Gasteiger partial charge in [-0.2, -0.15) is 0 Å². The summed E-state index contributed by atoms with van der Waals surface area (Å²) in [6.07, 6.45) is 6.54. The smallest absolute Gasteiger partial charge is 0.177 e. The Labute approximate surface area is 82.2 Å². The standard InChI is InChI=1S/C10H8ClNO/c1-2-7-13-12-8-9-3-5-10(11)6-4-9/h1,3-6,8H,7H2. The fraction of sp³-hybridized carbons (Fsp3) is 0.100. The van der Waals surface area contributed by atoms with E-state index in [4.69, 9.17) is 22.9 Å². The van der Waals surface area contributed by atoms with Gasteiger partial charge in [-0.1, -0.05) is 34.8 Å². The molecular formula is C10H8ClNO. The molecule has 1 aromatic carbocycles. The summed E-state index contributed by atoms with van der Waals surface area (Å²) in [4.78, 5) is 4.72. The third-order valence-corrected chi connectivity index (χ3v) is 1.55. The Morgan fingerprint density at radius 2 is 2.15 bits per heavy atom. The summed E-state index contributed by atoms with van der Waals surface area (Å²) in [6, 6.07) is 7.24. The van der Waals surface area contributed by atoms with Gasteiger partial charge in [-0.25, -0.2) is 0 Å². The van der Waals surface area contributed by atoms with Crippen molar-refractivity contribution in [3.8, 4) is 12.3 Å². The Morgan fingerprint density at radius 3 is 2.77 bits per heavy atom. The number of rotatable bonds is 3. The summed E-state index contributed by atoms with van der Waals surface area (Å²) in [5.74, 6) is 2.31. The van der Waals surface area contributed by atoms with E-state index in [9.17, 15) is 0 Å². The molecule has 1 rings (SSSR count). The summed E-state index contributed by atoms with van der Waals surface area (Å²) in [6.45, 7) is 0.185. The minimum Gasteiger partial charge on any atom is -0.383 e. The molecule has 0 fully saturated rings. The van der Waals surface area contributed by atoms with E-state index < -0.39 is 0 Å². The Balaban J connectivity index is 2.50. The van der Waals surface area contributed by atoms with Gasteiger partial charge in [0.2, 0.25) is 0 Å². The van der Waals surface area contributed by atoms with Crippen molar-refractivity contribution in [1.82, 2.24) is 0 Å². The average molecular weight is 194 g/mol. The lowest BCUT2D eigenvalue weighted by Crippen LogP contribution is -1.84. The number of terminal acetylenes is 1. The first kappa shape index (κ1) is 9.63. The first-order chi connectivity index (χ1) is 6.33. The molecule has 2 nitrogen and oxygen atoms in total. The highest BCUT2D eigenvalue weighted by molar-refractivity contribution is 6.30. The van der Waals surface area contributed by atoms with E-state index in [1.54, 1.807) is 18.3 Å². The molecule has 0 aliphatic rings. The molecule has 0 aliphatic heterocycles. The fourth-order valence-corrected chi connectivity index (χ4v) is 0.847. The van der Waals surface area contributed by atoms with Crippen LogP contribution in [0.4, 0.5) is 0 Å². The minimum atomic E-state index is 0.185. The van der Waals surface area contributed by atoms with Crippen LogP contribution < -0.4 is 0 Å². The van der Waals surface area contributed by atoms with Gasteiger partial charge in [0.15, 0.2) is 6.61 Å². The van der Waals surface area contributed by atoms with E-state index in [2.05, 4.69) is 11.1 Å². The molecule has 66 valence electrons. The number of nitrogens with zero attached hydrogens (tertiary/aromatic N) is 1. The first-order valence-corrected chi connectivity index (χ1v) is 4.05. The summed E-state index contributed by atoms with van der Waals surface area (Å²) >= 11 is 5.69. The van der Waals surface area contributed by atoms with E-state index in [0.717, 1.165) is 5.56 Å². The van der Waals surface area contributed by atoms with Crippen LogP contribution >= 0.6 is 11.6 Å². The maximum Gasteiger partial charge on any atom is 0.177 e. The van der Waals surface area contributed by atoms with Gasteiger partial charge in [0.05, 0.1) is 6.21 Å². The molecule has 0 heterocycles. The molecule has 0 amide bonds. The molecular weight excluding hydrogens is 186 g/mol. The SMILES string of the molecule is C#CCON=Cc1ccc(Cl)cc1. The summed E-state index contributed by atoms with van der Waals surface area (Å²) in [7, 11) is 0. The van der Waals surface area contributed by atoms with Gasteiger partial charge in [0.1, 0.15) is 0 Å². The van der Waals surface area contributed by atoms with E-state index in [0.29, 0.717) is 5.02 Å². The highest BCUT2D eigenvalue weighted by atomic mass is 35.5. The fourth-order valence-electron chi connectivity index (χ4n) is 0.722. The number of benzene rings is 1. The average Bonchev–Trinajstić information content (AvgIpc) is 2.15. The van der Waals surface area contributed by atoms with Crippen molar-refractivity contribution in [2.45, 2.75) is 0 Å². The molecule has 0 spiro atoms. The van der Waals surface area contributed by atoms with Crippen LogP contribution in [0.2, 0.25) is 5.02 Å². The molecule has 0 saturated heterocycles. The maximum absolute atomic E-state index is 5.69. The molecule has 0 radical (unpaired) electrons. The zero-order valence-electron chi connectivity index (χ0n) is 6.90. The largest absolute Gasteiger partial charge is 0.383 e. The lowest BCUT2D eigenvalue weighted by molar-refractivity contribution is 0.181. The first-order valence-electron chi connectivity index (χ1n) is 3.67. The highest BCUT2D eigenvalue weighted by Crippen LogP contribution is 2.07. The topological polar surface area (TPSA) is 21.6 Å². The second-order valence-electron chi connectivity index (χ2n) is 2.26. The molecule has 0 N–H and O–H groups in total. The van der Waals surface area contributed by atoms with Crippen LogP contribution in [0.5, 0.6) is 0 Å². The normalized spacial score (nSPS) is 9.85. The second-order valence-corrected chi connectivity index (χ2v) is 2.70. The van der Waals surface area contributed by atoms with E-state index in [-0.39, 0.29) is 6.61 Å². The van der Waals surface area contributed by atoms with Gasteiger partial charge in [-0.3, -0.25) is 0 Å². The second kappa shape index (κ2) is 5.23. The van der Waals surface area contributed by atoms with Gasteiger partial charge >= 0.3 is 0 Å². The lowest BCUT2D eigenvalue weighted by atomic mass is 10.2. The third-order valence-electron chi connectivity index (χ3n) is 1.29. The van der Waals surface area contributed by atoms with Crippen LogP contribution in [-0.2, 0) is 4.84 Å². The minimum absolute atomic E-state index is 0.185. The number of halogens is 1. The van der Waals surface area contributed by atoms with Crippen LogP contribution in [0.1, 0.15) is 5.56 Å². The van der Waals surface area contributed by atoms with E-state index >= 15 is 0 Å². The van der Waals surface area contributed by atoms with Crippen LogP contribution in [0.15, 0.2) is 29.4 Å². The molecule has 0 unspecified atom stereocenters. The summed E-state index contributed by atoms with van der Waals surface area (Å²) in [5, 5.41) is 4.35. The predicted octanol–water partition coefficient (Wildman–Crippen LogP) is 2.32. The number of oxime groups is 1. The van der Waals surface area contributed by atoms with Crippen LogP contribution in [0.3, 0.4) is 0 Å². The molecule has 1 aromatic rings. The monoisotopic (exact) mass is 193 g/mol.